The van der Waals surface area contributed by atoms with Gasteiger partial charge in [-0.3, -0.25) is 9.69 Å². The molecule has 5 aromatic rings. The maximum absolute atomic E-state index is 12.9. The summed E-state index contributed by atoms with van der Waals surface area (Å²) in [6, 6.07) is 32.5. The van der Waals surface area contributed by atoms with Gasteiger partial charge in [0, 0.05) is 23.9 Å². The molecule has 0 saturated carbocycles. The molecular formula is C32H25N3O2S2. The first-order chi connectivity index (χ1) is 19.1. The number of hydrogen-bond acceptors (Lipinski definition) is 5. The molecular weight excluding hydrogens is 523 g/mol. The predicted octanol–water partition coefficient (Wildman–Crippen LogP) is 7.49. The number of benzene rings is 4. The zero-order chi connectivity index (χ0) is 26.8. The number of likely N-dealkylation sites (N-methyl/N-ethyl adjacent to an activating group) is 1. The number of rotatable bonds is 7. The summed E-state index contributed by atoms with van der Waals surface area (Å²) in [4.78, 5) is 15.1. The van der Waals surface area contributed by atoms with Gasteiger partial charge in [0.2, 0.25) is 0 Å². The van der Waals surface area contributed by atoms with Gasteiger partial charge >= 0.3 is 0 Å². The molecule has 0 unspecified atom stereocenters. The number of thioether (sulfide) groups is 1. The van der Waals surface area contributed by atoms with Gasteiger partial charge in [0.1, 0.15) is 16.7 Å². The molecule has 1 aliphatic rings. The molecule has 1 amide bonds. The molecule has 1 aromatic heterocycles. The lowest BCUT2D eigenvalue weighted by Gasteiger charge is -2.10. The van der Waals surface area contributed by atoms with Crippen LogP contribution in [0.25, 0.3) is 33.8 Å². The summed E-state index contributed by atoms with van der Waals surface area (Å²) < 4.78 is 8.57. The van der Waals surface area contributed by atoms with Crippen LogP contribution in [-0.2, 0) is 11.4 Å². The molecule has 6 rings (SSSR count). The van der Waals surface area contributed by atoms with Crippen molar-refractivity contribution < 1.29 is 9.53 Å². The molecule has 0 aliphatic carbocycles. The van der Waals surface area contributed by atoms with Crippen LogP contribution in [0.1, 0.15) is 18.1 Å². The van der Waals surface area contributed by atoms with Crippen molar-refractivity contribution in [1.29, 1.82) is 0 Å². The van der Waals surface area contributed by atoms with E-state index in [-0.39, 0.29) is 5.91 Å². The highest BCUT2D eigenvalue weighted by Crippen LogP contribution is 2.35. The molecule has 0 bridgehead atoms. The Bertz CT molecular complexity index is 1700. The van der Waals surface area contributed by atoms with E-state index in [1.807, 2.05) is 90.6 Å². The van der Waals surface area contributed by atoms with Crippen LogP contribution in [0, 0.1) is 0 Å². The van der Waals surface area contributed by atoms with Crippen LogP contribution in [-0.4, -0.2) is 31.5 Å². The van der Waals surface area contributed by atoms with Gasteiger partial charge in [-0.05, 0) is 65.7 Å². The molecule has 0 atom stereocenters. The normalized spacial score (nSPS) is 14.5. The van der Waals surface area contributed by atoms with E-state index in [4.69, 9.17) is 22.1 Å². The lowest BCUT2D eigenvalue weighted by atomic mass is 10.1. The number of aromatic nitrogens is 2. The Morgan fingerprint density at radius 3 is 2.44 bits per heavy atom. The van der Waals surface area contributed by atoms with Crippen LogP contribution < -0.4 is 4.74 Å². The van der Waals surface area contributed by atoms with Crippen molar-refractivity contribution >= 4 is 51.1 Å². The predicted molar refractivity (Wildman–Crippen MR) is 163 cm³/mol. The zero-order valence-electron chi connectivity index (χ0n) is 21.3. The first kappa shape index (κ1) is 25.1. The third-order valence-electron chi connectivity index (χ3n) is 6.64. The number of hydrogen-bond donors (Lipinski definition) is 0. The van der Waals surface area contributed by atoms with Crippen molar-refractivity contribution in [3.8, 4) is 22.7 Å². The molecule has 4 aromatic carbocycles. The van der Waals surface area contributed by atoms with Crippen LogP contribution in [0.15, 0.2) is 108 Å². The molecule has 0 N–H and O–H groups in total. The third-order valence-corrected chi connectivity index (χ3v) is 8.02. The topological polar surface area (TPSA) is 47.4 Å². The average Bonchev–Trinajstić information content (AvgIpc) is 3.52. The molecule has 5 nitrogen and oxygen atoms in total. The Hall–Kier alpha value is -4.20. The Morgan fingerprint density at radius 2 is 1.67 bits per heavy atom. The Morgan fingerprint density at radius 1 is 0.923 bits per heavy atom. The Balaban J connectivity index is 1.30. The van der Waals surface area contributed by atoms with Gasteiger partial charge in [0.15, 0.2) is 0 Å². The van der Waals surface area contributed by atoms with Crippen molar-refractivity contribution in [1.82, 2.24) is 14.7 Å². The fourth-order valence-electron chi connectivity index (χ4n) is 4.63. The standard InChI is InChI=1S/C32H25N3O2S2/c1-2-34-31(36)29(39-32(34)38)19-25-20-35(26-12-4-3-5-13-26)33-30(25)23-15-17-27(18-16-23)37-21-24-11-8-10-22-9-6-7-14-28(22)24/h3-20H,2,21H2,1H3. The fourth-order valence-corrected chi connectivity index (χ4v) is 6.01. The zero-order valence-corrected chi connectivity index (χ0v) is 22.9. The monoisotopic (exact) mass is 547 g/mol. The molecule has 0 spiro atoms. The minimum absolute atomic E-state index is 0.0666. The quantitative estimate of drug-likeness (QED) is 0.156. The maximum Gasteiger partial charge on any atom is 0.266 e. The van der Waals surface area contributed by atoms with Crippen molar-refractivity contribution in [3.05, 3.63) is 119 Å². The first-order valence-corrected chi connectivity index (χ1v) is 13.9. The third kappa shape index (κ3) is 5.11. The molecule has 192 valence electrons. The molecule has 0 radical (unpaired) electrons. The molecule has 1 fully saturated rings. The van der Waals surface area contributed by atoms with Crippen molar-refractivity contribution in [2.45, 2.75) is 13.5 Å². The van der Waals surface area contributed by atoms with Gasteiger partial charge in [-0.25, -0.2) is 4.68 Å². The SMILES string of the molecule is CCN1C(=O)C(=Cc2cn(-c3ccccc3)nc2-c2ccc(OCc3cccc4ccccc34)cc2)SC1=S. The number of para-hydroxylation sites is 1. The molecule has 1 saturated heterocycles. The second-order valence-corrected chi connectivity index (χ2v) is 10.8. The molecule has 39 heavy (non-hydrogen) atoms. The highest BCUT2D eigenvalue weighted by molar-refractivity contribution is 8.26. The van der Waals surface area contributed by atoms with E-state index in [0.717, 1.165) is 33.8 Å². The minimum Gasteiger partial charge on any atom is -0.489 e. The number of ether oxygens (including phenoxy) is 1. The van der Waals surface area contributed by atoms with Crippen molar-refractivity contribution in [3.63, 3.8) is 0 Å². The summed E-state index contributed by atoms with van der Waals surface area (Å²) in [6.45, 7) is 2.96. The van der Waals surface area contributed by atoms with E-state index < -0.39 is 0 Å². The van der Waals surface area contributed by atoms with E-state index in [1.54, 1.807) is 4.90 Å². The number of nitrogens with zero attached hydrogens (tertiary/aromatic N) is 3. The van der Waals surface area contributed by atoms with Gasteiger partial charge in [0.25, 0.3) is 5.91 Å². The second kappa shape index (κ2) is 10.9. The summed E-state index contributed by atoms with van der Waals surface area (Å²) in [5.74, 6) is 0.711. The number of amides is 1. The van der Waals surface area contributed by atoms with Crippen molar-refractivity contribution in [2.24, 2.45) is 0 Å². The smallest absolute Gasteiger partial charge is 0.266 e. The lowest BCUT2D eigenvalue weighted by molar-refractivity contribution is -0.121. The lowest BCUT2D eigenvalue weighted by Crippen LogP contribution is -2.27. The molecule has 1 aliphatic heterocycles. The van der Waals surface area contributed by atoms with Crippen LogP contribution in [0.4, 0.5) is 0 Å². The van der Waals surface area contributed by atoms with Crippen LogP contribution in [0.3, 0.4) is 0 Å². The summed E-state index contributed by atoms with van der Waals surface area (Å²) in [7, 11) is 0. The summed E-state index contributed by atoms with van der Waals surface area (Å²) in [5.41, 5.74) is 4.64. The van der Waals surface area contributed by atoms with E-state index in [2.05, 4.69) is 30.3 Å². The van der Waals surface area contributed by atoms with Crippen LogP contribution in [0.5, 0.6) is 5.75 Å². The van der Waals surface area contributed by atoms with Gasteiger partial charge in [-0.15, -0.1) is 0 Å². The van der Waals surface area contributed by atoms with Gasteiger partial charge < -0.3 is 4.74 Å². The number of carbonyl (C=O) groups is 1. The highest BCUT2D eigenvalue weighted by atomic mass is 32.2. The number of fused-ring (bicyclic) bond motifs is 1. The highest BCUT2D eigenvalue weighted by Gasteiger charge is 2.31. The molecule has 7 heteroatoms. The van der Waals surface area contributed by atoms with E-state index in [0.29, 0.717) is 22.4 Å². The van der Waals surface area contributed by atoms with Crippen LogP contribution in [0.2, 0.25) is 0 Å². The van der Waals surface area contributed by atoms with E-state index in [9.17, 15) is 4.79 Å². The van der Waals surface area contributed by atoms with Crippen molar-refractivity contribution in [2.75, 3.05) is 6.54 Å². The average molecular weight is 548 g/mol. The summed E-state index contributed by atoms with van der Waals surface area (Å²) in [5, 5.41) is 7.29. The largest absolute Gasteiger partial charge is 0.489 e. The minimum atomic E-state index is -0.0666. The van der Waals surface area contributed by atoms with E-state index in [1.165, 1.54) is 22.5 Å². The summed E-state index contributed by atoms with van der Waals surface area (Å²) in [6.07, 6.45) is 3.84. The van der Waals surface area contributed by atoms with E-state index >= 15 is 0 Å². The van der Waals surface area contributed by atoms with Gasteiger partial charge in [-0.2, -0.15) is 5.10 Å². The first-order valence-electron chi connectivity index (χ1n) is 12.7. The summed E-state index contributed by atoms with van der Waals surface area (Å²) >= 11 is 6.74. The number of carbonyl (C=O) groups excluding carboxylic acids is 1. The maximum atomic E-state index is 12.9. The second-order valence-electron chi connectivity index (χ2n) is 9.09. The van der Waals surface area contributed by atoms with Crippen LogP contribution >= 0.6 is 24.0 Å². The molecule has 2 heterocycles. The van der Waals surface area contributed by atoms with Gasteiger partial charge in [-0.1, -0.05) is 84.6 Å². The van der Waals surface area contributed by atoms with Gasteiger partial charge in [0.05, 0.1) is 16.3 Å². The fraction of sp³-hybridized carbons (Fsp3) is 0.0938. The Kier molecular flexibility index (Phi) is 7.00. The Labute approximate surface area is 236 Å². The number of thiocarbonyl (C=S) groups is 1.